The van der Waals surface area contributed by atoms with E-state index in [1.54, 1.807) is 0 Å². The molecule has 224 valence electrons. The lowest BCUT2D eigenvalue weighted by atomic mass is 10.0. The summed E-state index contributed by atoms with van der Waals surface area (Å²) < 4.78 is 36.6. The SMILES string of the molecule is C=CC(=O)OCC(CCOCCC(COC(=O)C=C)(COC(=O)C=C)OC(=O)C=C)(COC(=O)C=C)OC(=O)C=C. The van der Waals surface area contributed by atoms with Gasteiger partial charge in [-0.25, -0.2) is 28.8 Å². The van der Waals surface area contributed by atoms with Crippen LogP contribution >= 0.6 is 0 Å². The average Bonchev–Trinajstić information content (AvgIpc) is 2.99. The first-order chi connectivity index (χ1) is 19.4. The Morgan fingerprint density at radius 3 is 0.902 bits per heavy atom. The van der Waals surface area contributed by atoms with Gasteiger partial charge in [-0.2, -0.15) is 0 Å². The molecule has 0 heterocycles. The largest absolute Gasteiger partial charge is 0.458 e. The van der Waals surface area contributed by atoms with E-state index in [0.29, 0.717) is 0 Å². The van der Waals surface area contributed by atoms with Crippen molar-refractivity contribution in [2.24, 2.45) is 0 Å². The Hall–Kier alpha value is -4.78. The smallest absolute Gasteiger partial charge is 0.330 e. The topological polar surface area (TPSA) is 167 Å². The summed E-state index contributed by atoms with van der Waals surface area (Å²) in [7, 11) is 0. The van der Waals surface area contributed by atoms with E-state index in [1.165, 1.54) is 0 Å². The van der Waals surface area contributed by atoms with E-state index in [9.17, 15) is 28.8 Å². The number of carbonyl (C=O) groups is 6. The first-order valence-corrected chi connectivity index (χ1v) is 11.9. The van der Waals surface area contributed by atoms with E-state index in [-0.39, 0.29) is 26.1 Å². The van der Waals surface area contributed by atoms with Gasteiger partial charge in [0.05, 0.1) is 13.2 Å². The fourth-order valence-corrected chi connectivity index (χ4v) is 2.77. The Labute approximate surface area is 237 Å². The van der Waals surface area contributed by atoms with E-state index in [0.717, 1.165) is 36.5 Å². The van der Waals surface area contributed by atoms with Crippen LogP contribution in [0.15, 0.2) is 75.9 Å². The summed E-state index contributed by atoms with van der Waals surface area (Å²) in [5.41, 5.74) is -3.40. The highest BCUT2D eigenvalue weighted by Crippen LogP contribution is 2.22. The molecule has 0 unspecified atom stereocenters. The van der Waals surface area contributed by atoms with Gasteiger partial charge in [0, 0.05) is 49.3 Å². The van der Waals surface area contributed by atoms with Crippen LogP contribution in [0.2, 0.25) is 0 Å². The van der Waals surface area contributed by atoms with Crippen molar-refractivity contribution >= 4 is 35.8 Å². The number of esters is 6. The van der Waals surface area contributed by atoms with Gasteiger partial charge in [0.25, 0.3) is 0 Å². The molecule has 0 fully saturated rings. The molecule has 0 bridgehead atoms. The lowest BCUT2D eigenvalue weighted by Crippen LogP contribution is -2.47. The van der Waals surface area contributed by atoms with Gasteiger partial charge in [-0.15, -0.1) is 0 Å². The van der Waals surface area contributed by atoms with Crippen LogP contribution in [0, 0.1) is 0 Å². The Morgan fingerprint density at radius 2 is 0.683 bits per heavy atom. The molecule has 0 saturated carbocycles. The highest BCUT2D eigenvalue weighted by molar-refractivity contribution is 5.84. The zero-order chi connectivity index (χ0) is 31.3. The third-order valence-electron chi connectivity index (χ3n) is 4.95. The number of hydrogen-bond donors (Lipinski definition) is 0. The molecule has 0 aliphatic rings. The van der Waals surface area contributed by atoms with Gasteiger partial charge in [0.2, 0.25) is 0 Å². The molecule has 0 aromatic heterocycles. The lowest BCUT2D eigenvalue weighted by Gasteiger charge is -2.33. The fourth-order valence-electron chi connectivity index (χ4n) is 2.77. The summed E-state index contributed by atoms with van der Waals surface area (Å²) in [6.45, 7) is 17.3. The first kappa shape index (κ1) is 36.2. The average molecular weight is 579 g/mol. The molecule has 41 heavy (non-hydrogen) atoms. The third-order valence-corrected chi connectivity index (χ3v) is 4.95. The zero-order valence-electron chi connectivity index (χ0n) is 22.7. The molecule has 0 aliphatic carbocycles. The monoisotopic (exact) mass is 578 g/mol. The number of carbonyl (C=O) groups excluding carboxylic acids is 6. The van der Waals surface area contributed by atoms with Gasteiger partial charge in [-0.05, 0) is 0 Å². The molecular formula is C28H34O13. The highest BCUT2D eigenvalue weighted by atomic mass is 16.6. The maximum Gasteiger partial charge on any atom is 0.330 e. The summed E-state index contributed by atoms with van der Waals surface area (Å²) in [5, 5.41) is 0. The Bertz CT molecular complexity index is 896. The van der Waals surface area contributed by atoms with Crippen LogP contribution in [0.4, 0.5) is 0 Å². The van der Waals surface area contributed by atoms with Gasteiger partial charge < -0.3 is 33.2 Å². The molecule has 0 aromatic carbocycles. The molecule has 0 saturated heterocycles. The van der Waals surface area contributed by atoms with Crippen molar-refractivity contribution < 1.29 is 61.9 Å². The second-order valence-corrected chi connectivity index (χ2v) is 7.98. The first-order valence-electron chi connectivity index (χ1n) is 11.9. The summed E-state index contributed by atoms with van der Waals surface area (Å²) in [4.78, 5) is 70.8. The van der Waals surface area contributed by atoms with Crippen LogP contribution in [0.25, 0.3) is 0 Å². The predicted molar refractivity (Wildman–Crippen MR) is 143 cm³/mol. The Morgan fingerprint density at radius 1 is 0.439 bits per heavy atom. The van der Waals surface area contributed by atoms with Crippen molar-refractivity contribution in [3.63, 3.8) is 0 Å². The Balaban J connectivity index is 5.82. The summed E-state index contributed by atoms with van der Waals surface area (Å²) in [6, 6.07) is 0. The van der Waals surface area contributed by atoms with Crippen molar-refractivity contribution in [1.82, 2.24) is 0 Å². The van der Waals surface area contributed by atoms with Crippen molar-refractivity contribution in [1.29, 1.82) is 0 Å². The van der Waals surface area contributed by atoms with Crippen LogP contribution in [-0.4, -0.2) is 86.7 Å². The Kier molecular flexibility index (Phi) is 17.1. The molecule has 0 aromatic rings. The minimum atomic E-state index is -1.70. The quantitative estimate of drug-likeness (QED) is 0.0788. The molecule has 0 N–H and O–H groups in total. The normalized spacial score (nSPS) is 10.5. The van der Waals surface area contributed by atoms with Crippen LogP contribution in [0.5, 0.6) is 0 Å². The molecule has 0 atom stereocenters. The van der Waals surface area contributed by atoms with Crippen molar-refractivity contribution in [2.45, 2.75) is 24.0 Å². The fraction of sp³-hybridized carbons (Fsp3) is 0.357. The maximum absolute atomic E-state index is 12.1. The number of hydrogen-bond acceptors (Lipinski definition) is 13. The molecule has 13 nitrogen and oxygen atoms in total. The molecule has 0 spiro atoms. The van der Waals surface area contributed by atoms with Crippen LogP contribution in [0.3, 0.4) is 0 Å². The zero-order valence-corrected chi connectivity index (χ0v) is 22.7. The second kappa shape index (κ2) is 19.3. The molecule has 0 amide bonds. The van der Waals surface area contributed by atoms with Crippen LogP contribution in [-0.2, 0) is 61.9 Å². The predicted octanol–water partition coefficient (Wildman–Crippen LogP) is 1.64. The minimum Gasteiger partial charge on any atom is -0.458 e. The van der Waals surface area contributed by atoms with E-state index >= 15 is 0 Å². The van der Waals surface area contributed by atoms with Gasteiger partial charge in [0.15, 0.2) is 11.2 Å². The number of ether oxygens (including phenoxy) is 7. The maximum atomic E-state index is 12.1. The molecular weight excluding hydrogens is 544 g/mol. The van der Waals surface area contributed by atoms with Crippen molar-refractivity contribution in [3.05, 3.63) is 75.9 Å². The van der Waals surface area contributed by atoms with E-state index in [1.807, 2.05) is 0 Å². The van der Waals surface area contributed by atoms with Gasteiger partial charge >= 0.3 is 35.8 Å². The lowest BCUT2D eigenvalue weighted by molar-refractivity contribution is -0.184. The summed E-state index contributed by atoms with van der Waals surface area (Å²) in [5.74, 6) is -5.15. The molecule has 0 radical (unpaired) electrons. The van der Waals surface area contributed by atoms with Crippen molar-refractivity contribution in [3.8, 4) is 0 Å². The molecule has 0 rings (SSSR count). The highest BCUT2D eigenvalue weighted by Gasteiger charge is 2.39. The summed E-state index contributed by atoms with van der Waals surface area (Å²) in [6.07, 6.45) is 4.91. The van der Waals surface area contributed by atoms with Gasteiger partial charge in [0.1, 0.15) is 26.4 Å². The summed E-state index contributed by atoms with van der Waals surface area (Å²) >= 11 is 0. The molecule has 13 heteroatoms. The second-order valence-electron chi connectivity index (χ2n) is 7.98. The van der Waals surface area contributed by atoms with E-state index < -0.39 is 73.4 Å². The van der Waals surface area contributed by atoms with E-state index in [2.05, 4.69) is 39.5 Å². The minimum absolute atomic E-state index is 0.169. The number of rotatable bonds is 22. The third kappa shape index (κ3) is 14.8. The van der Waals surface area contributed by atoms with E-state index in [4.69, 9.17) is 33.2 Å². The van der Waals surface area contributed by atoms with Crippen molar-refractivity contribution in [2.75, 3.05) is 39.6 Å². The molecule has 0 aliphatic heterocycles. The van der Waals surface area contributed by atoms with Crippen LogP contribution < -0.4 is 0 Å². The van der Waals surface area contributed by atoms with Gasteiger partial charge in [-0.3, -0.25) is 0 Å². The van der Waals surface area contributed by atoms with Crippen LogP contribution in [0.1, 0.15) is 12.8 Å². The van der Waals surface area contributed by atoms with Gasteiger partial charge in [-0.1, -0.05) is 39.5 Å². The standard InChI is InChI=1S/C28H34O13/c1-7-21(29)36-17-27(40-25(33)11-5,18-37-22(30)8-2)13-15-35-16-14-28(41-26(34)12-6,19-38-23(31)9-3)20-39-24(32)10-4/h7-12H,1-6,13-20H2.